The average molecular weight is 281 g/mol. The maximum Gasteiger partial charge on any atom is 0.116 e. The Morgan fingerprint density at radius 2 is 2.30 bits per heavy atom. The summed E-state index contributed by atoms with van der Waals surface area (Å²) in [4.78, 5) is 13.4. The van der Waals surface area contributed by atoms with Crippen molar-refractivity contribution in [1.82, 2.24) is 4.98 Å². The fourth-order valence-corrected chi connectivity index (χ4v) is 2.66. The number of aliphatic imine (C=N–C) groups is 2. The molecule has 0 aliphatic carbocycles. The van der Waals surface area contributed by atoms with Gasteiger partial charge in [0.2, 0.25) is 0 Å². The van der Waals surface area contributed by atoms with Gasteiger partial charge >= 0.3 is 0 Å². The summed E-state index contributed by atoms with van der Waals surface area (Å²) in [6, 6.07) is 1.98. The molecule has 3 nitrogen and oxygen atoms in total. The van der Waals surface area contributed by atoms with Crippen LogP contribution in [0.15, 0.2) is 57.1 Å². The van der Waals surface area contributed by atoms with Crippen molar-refractivity contribution in [1.29, 1.82) is 0 Å². The molecule has 4 heteroatoms. The monoisotopic (exact) mass is 281 g/mol. The molecule has 2 rings (SSSR count). The Bertz CT molecular complexity index is 750. The summed E-state index contributed by atoms with van der Waals surface area (Å²) in [7, 11) is 1.75. The van der Waals surface area contributed by atoms with Crippen LogP contribution < -0.4 is 10.4 Å². The SMILES string of the molecule is C=C=N/C1=C(\C=NC)C/C=c2/cncc/c2=C/C(=C)S1. The molecule has 0 unspecified atom stereocenters. The zero-order chi connectivity index (χ0) is 14.4. The number of hydrogen-bond acceptors (Lipinski definition) is 4. The van der Waals surface area contributed by atoms with Crippen LogP contribution in [-0.4, -0.2) is 24.1 Å². The van der Waals surface area contributed by atoms with Gasteiger partial charge in [0, 0.05) is 36.1 Å². The molecule has 1 aliphatic heterocycles. The second-order valence-electron chi connectivity index (χ2n) is 4.11. The Morgan fingerprint density at radius 1 is 1.45 bits per heavy atom. The van der Waals surface area contributed by atoms with Gasteiger partial charge in [0.15, 0.2) is 0 Å². The number of nitrogens with zero attached hydrogens (tertiary/aromatic N) is 3. The van der Waals surface area contributed by atoms with E-state index in [1.807, 2.05) is 24.6 Å². The molecule has 1 aromatic heterocycles. The van der Waals surface area contributed by atoms with E-state index < -0.39 is 0 Å². The number of fused-ring (bicyclic) bond motifs is 1. The number of aromatic nitrogens is 1. The molecule has 1 aliphatic rings. The first-order valence-electron chi connectivity index (χ1n) is 6.11. The van der Waals surface area contributed by atoms with Crippen molar-refractivity contribution in [3.8, 4) is 0 Å². The highest BCUT2D eigenvalue weighted by Gasteiger charge is 2.07. The summed E-state index contributed by atoms with van der Waals surface area (Å²) < 4.78 is 0. The van der Waals surface area contributed by atoms with E-state index in [2.05, 4.69) is 40.1 Å². The van der Waals surface area contributed by atoms with E-state index in [-0.39, 0.29) is 0 Å². The van der Waals surface area contributed by atoms with E-state index in [4.69, 9.17) is 0 Å². The normalized spacial score (nSPS) is 22.4. The van der Waals surface area contributed by atoms with Gasteiger partial charge in [-0.3, -0.25) is 9.98 Å². The minimum absolute atomic E-state index is 0.727. The molecule has 0 radical (unpaired) electrons. The van der Waals surface area contributed by atoms with Crippen molar-refractivity contribution in [3.63, 3.8) is 0 Å². The zero-order valence-corrected chi connectivity index (χ0v) is 12.2. The topological polar surface area (TPSA) is 37.6 Å². The smallest absolute Gasteiger partial charge is 0.116 e. The third-order valence-electron chi connectivity index (χ3n) is 2.71. The van der Waals surface area contributed by atoms with Crippen LogP contribution >= 0.6 is 11.8 Å². The lowest BCUT2D eigenvalue weighted by Gasteiger charge is -2.04. The average Bonchev–Trinajstić information content (AvgIpc) is 2.49. The predicted molar refractivity (Wildman–Crippen MR) is 88.3 cm³/mol. The molecular weight excluding hydrogens is 266 g/mol. The summed E-state index contributed by atoms with van der Waals surface area (Å²) in [6.45, 7) is 7.62. The van der Waals surface area contributed by atoms with E-state index in [0.717, 1.165) is 32.4 Å². The van der Waals surface area contributed by atoms with Gasteiger partial charge in [0.05, 0.1) is 0 Å². The number of pyridine rings is 1. The van der Waals surface area contributed by atoms with Crippen molar-refractivity contribution < 1.29 is 0 Å². The summed E-state index contributed by atoms with van der Waals surface area (Å²) >= 11 is 1.50. The van der Waals surface area contributed by atoms with Gasteiger partial charge in [0.1, 0.15) is 5.03 Å². The molecule has 100 valence electrons. The van der Waals surface area contributed by atoms with Gasteiger partial charge < -0.3 is 0 Å². The fraction of sp³-hybridized carbons (Fsp3) is 0.125. The minimum atomic E-state index is 0.727. The summed E-state index contributed by atoms with van der Waals surface area (Å²) in [5.74, 6) is 2.59. The van der Waals surface area contributed by atoms with Crippen LogP contribution in [0.5, 0.6) is 0 Å². The largest absolute Gasteiger partial charge is 0.296 e. The van der Waals surface area contributed by atoms with Gasteiger partial charge in [-0.15, -0.1) is 0 Å². The molecular formula is C16H15N3S. The Balaban J connectivity index is 2.64. The van der Waals surface area contributed by atoms with Crippen molar-refractivity contribution in [2.24, 2.45) is 9.98 Å². The van der Waals surface area contributed by atoms with E-state index >= 15 is 0 Å². The zero-order valence-electron chi connectivity index (χ0n) is 11.3. The molecule has 0 N–H and O–H groups in total. The molecule has 0 saturated heterocycles. The fourth-order valence-electron chi connectivity index (χ4n) is 1.85. The maximum absolute atomic E-state index is 4.21. The highest BCUT2D eigenvalue weighted by molar-refractivity contribution is 8.07. The number of hydrogen-bond donors (Lipinski definition) is 0. The first kappa shape index (κ1) is 14.3. The Morgan fingerprint density at radius 3 is 3.05 bits per heavy atom. The molecule has 0 fully saturated rings. The van der Waals surface area contributed by atoms with Gasteiger partial charge in [-0.2, -0.15) is 4.99 Å². The maximum atomic E-state index is 4.21. The highest BCUT2D eigenvalue weighted by Crippen LogP contribution is 2.29. The second kappa shape index (κ2) is 6.85. The Labute approximate surface area is 122 Å². The molecule has 20 heavy (non-hydrogen) atoms. The third-order valence-corrected chi connectivity index (χ3v) is 3.64. The van der Waals surface area contributed by atoms with Crippen LogP contribution in [-0.2, 0) is 0 Å². The molecule has 2 heterocycles. The van der Waals surface area contributed by atoms with Crippen molar-refractivity contribution in [3.05, 3.63) is 57.6 Å². The van der Waals surface area contributed by atoms with Crippen molar-refractivity contribution >= 4 is 36.0 Å². The standard InChI is InChI=1S/C16H15N3S/c1-4-19-16-15(10-17-3)6-5-14-11-18-8-7-13(14)9-12(2)20-16/h5,7-11H,1-2,6H2,3H3/b13-9-,14-5-,16-15+,17-10?. The van der Waals surface area contributed by atoms with Crippen LogP contribution in [0, 0.1) is 0 Å². The number of rotatable bonds is 2. The quantitative estimate of drug-likeness (QED) is 0.778. The van der Waals surface area contributed by atoms with Crippen LogP contribution in [0.1, 0.15) is 6.42 Å². The lowest BCUT2D eigenvalue weighted by Crippen LogP contribution is -2.24. The lowest BCUT2D eigenvalue weighted by atomic mass is 10.1. The molecule has 0 atom stereocenters. The molecule has 0 aromatic carbocycles. The van der Waals surface area contributed by atoms with E-state index in [1.54, 1.807) is 13.2 Å². The summed E-state index contributed by atoms with van der Waals surface area (Å²) in [5.41, 5.74) is 1.01. The summed E-state index contributed by atoms with van der Waals surface area (Å²) in [6.07, 6.45) is 10.3. The Hall–Kier alpha value is -2.16. The van der Waals surface area contributed by atoms with Gasteiger partial charge in [-0.1, -0.05) is 24.4 Å². The number of allylic oxidation sites excluding steroid dienone is 2. The van der Waals surface area contributed by atoms with E-state index in [1.165, 1.54) is 11.8 Å². The highest BCUT2D eigenvalue weighted by atomic mass is 32.2. The van der Waals surface area contributed by atoms with Crippen LogP contribution in [0.25, 0.3) is 12.2 Å². The van der Waals surface area contributed by atoms with Gasteiger partial charge in [0.25, 0.3) is 0 Å². The number of thioether (sulfide) groups is 1. The van der Waals surface area contributed by atoms with Crippen LogP contribution in [0.2, 0.25) is 0 Å². The first-order chi connectivity index (χ1) is 9.74. The minimum Gasteiger partial charge on any atom is -0.296 e. The van der Waals surface area contributed by atoms with E-state index in [9.17, 15) is 0 Å². The lowest BCUT2D eigenvalue weighted by molar-refractivity contribution is 1.25. The molecule has 0 spiro atoms. The molecule has 0 saturated carbocycles. The van der Waals surface area contributed by atoms with Crippen molar-refractivity contribution in [2.75, 3.05) is 7.05 Å². The first-order valence-corrected chi connectivity index (χ1v) is 6.93. The third kappa shape index (κ3) is 3.44. The Kier molecular flexibility index (Phi) is 4.88. The molecule has 0 bridgehead atoms. The predicted octanol–water partition coefficient (Wildman–Crippen LogP) is 2.06. The van der Waals surface area contributed by atoms with Gasteiger partial charge in [-0.25, -0.2) is 0 Å². The molecule has 0 amide bonds. The van der Waals surface area contributed by atoms with Crippen molar-refractivity contribution in [2.45, 2.75) is 6.42 Å². The summed E-state index contributed by atoms with van der Waals surface area (Å²) in [5, 5.41) is 3.01. The second-order valence-corrected chi connectivity index (χ2v) is 5.23. The molecule has 1 aromatic rings. The van der Waals surface area contributed by atoms with Crippen LogP contribution in [0.3, 0.4) is 0 Å². The van der Waals surface area contributed by atoms with Crippen LogP contribution in [0.4, 0.5) is 0 Å². The van der Waals surface area contributed by atoms with Gasteiger partial charge in [-0.05, 0) is 41.4 Å². The van der Waals surface area contributed by atoms with E-state index in [0.29, 0.717) is 0 Å².